The van der Waals surface area contributed by atoms with Crippen LogP contribution in [0.3, 0.4) is 0 Å². The molecule has 0 saturated heterocycles. The molecule has 0 aliphatic carbocycles. The van der Waals surface area contributed by atoms with Crippen molar-refractivity contribution in [3.8, 4) is 11.1 Å². The molecule has 0 aliphatic heterocycles. The summed E-state index contributed by atoms with van der Waals surface area (Å²) in [7, 11) is 0. The standard InChI is InChI=1S/C37H30N2S/c1-37(2,3)36-32-23-19-28-15-14-27-18-22-31(24-33(27)34(28)35(32)40-38-36)39(29-12-8-5-9-13-29)30-20-16-26(17-21-30)25-10-6-4-7-11-25/h4-24H,1-3H3. The van der Waals surface area contributed by atoms with Crippen LogP contribution in [0.4, 0.5) is 17.1 Å². The molecule has 0 aliphatic rings. The molecule has 0 fully saturated rings. The van der Waals surface area contributed by atoms with E-state index in [-0.39, 0.29) is 5.41 Å². The van der Waals surface area contributed by atoms with Crippen LogP contribution in [-0.2, 0) is 5.41 Å². The number of fused-ring (bicyclic) bond motifs is 5. The Bertz CT molecular complexity index is 1970. The third kappa shape index (κ3) is 4.24. The third-order valence-electron chi connectivity index (χ3n) is 7.64. The van der Waals surface area contributed by atoms with Crippen LogP contribution in [0.1, 0.15) is 26.5 Å². The molecular formula is C37H30N2S. The summed E-state index contributed by atoms with van der Waals surface area (Å²) in [5.74, 6) is 0. The molecule has 0 amide bonds. The van der Waals surface area contributed by atoms with Crippen LogP contribution in [-0.4, -0.2) is 4.37 Å². The van der Waals surface area contributed by atoms with Gasteiger partial charge < -0.3 is 4.90 Å². The molecule has 40 heavy (non-hydrogen) atoms. The summed E-state index contributed by atoms with van der Waals surface area (Å²) < 4.78 is 6.21. The second-order valence-electron chi connectivity index (χ2n) is 11.4. The first-order valence-corrected chi connectivity index (χ1v) is 14.5. The molecule has 0 atom stereocenters. The normalized spacial score (nSPS) is 11.9. The number of nitrogens with zero attached hydrogens (tertiary/aromatic N) is 2. The fourth-order valence-electron chi connectivity index (χ4n) is 5.66. The maximum Gasteiger partial charge on any atom is 0.0674 e. The van der Waals surface area contributed by atoms with Crippen molar-refractivity contribution in [3.05, 3.63) is 133 Å². The Labute approximate surface area is 239 Å². The average molecular weight is 535 g/mol. The van der Waals surface area contributed by atoms with Gasteiger partial charge in [0.15, 0.2) is 0 Å². The van der Waals surface area contributed by atoms with E-state index in [0.29, 0.717) is 0 Å². The largest absolute Gasteiger partial charge is 0.310 e. The zero-order valence-corrected chi connectivity index (χ0v) is 23.7. The van der Waals surface area contributed by atoms with Crippen molar-refractivity contribution in [2.45, 2.75) is 26.2 Å². The van der Waals surface area contributed by atoms with Crippen LogP contribution in [0.15, 0.2) is 127 Å². The van der Waals surface area contributed by atoms with Crippen molar-refractivity contribution in [2.75, 3.05) is 4.90 Å². The number of hydrogen-bond donors (Lipinski definition) is 0. The molecule has 0 radical (unpaired) electrons. The average Bonchev–Trinajstić information content (AvgIpc) is 3.44. The van der Waals surface area contributed by atoms with Crippen LogP contribution in [0.25, 0.3) is 42.8 Å². The van der Waals surface area contributed by atoms with Crippen molar-refractivity contribution in [1.29, 1.82) is 0 Å². The Kier molecular flexibility index (Phi) is 5.91. The smallest absolute Gasteiger partial charge is 0.0674 e. The first kappa shape index (κ1) is 24.6. The second-order valence-corrected chi connectivity index (χ2v) is 12.1. The van der Waals surface area contributed by atoms with E-state index in [0.717, 1.165) is 17.1 Å². The van der Waals surface area contributed by atoms with Gasteiger partial charge in [-0.25, -0.2) is 0 Å². The number of aromatic nitrogens is 1. The van der Waals surface area contributed by atoms with Gasteiger partial charge in [-0.15, -0.1) is 0 Å². The fourth-order valence-corrected chi connectivity index (χ4v) is 6.80. The van der Waals surface area contributed by atoms with E-state index in [1.807, 2.05) is 0 Å². The molecule has 3 heteroatoms. The fraction of sp³-hybridized carbons (Fsp3) is 0.108. The third-order valence-corrected chi connectivity index (χ3v) is 8.52. The molecule has 1 aromatic heterocycles. The molecule has 1 heterocycles. The van der Waals surface area contributed by atoms with E-state index in [9.17, 15) is 0 Å². The van der Waals surface area contributed by atoms with Crippen molar-refractivity contribution >= 4 is 60.2 Å². The van der Waals surface area contributed by atoms with Crippen molar-refractivity contribution in [1.82, 2.24) is 4.37 Å². The minimum atomic E-state index is -0.00229. The summed E-state index contributed by atoms with van der Waals surface area (Å²) in [4.78, 5) is 2.35. The van der Waals surface area contributed by atoms with Gasteiger partial charge in [0.25, 0.3) is 0 Å². The van der Waals surface area contributed by atoms with E-state index in [4.69, 9.17) is 4.37 Å². The highest BCUT2D eigenvalue weighted by Gasteiger charge is 2.22. The summed E-state index contributed by atoms with van der Waals surface area (Å²) in [6, 6.07) is 45.9. The molecule has 7 rings (SSSR count). The first-order valence-electron chi connectivity index (χ1n) is 13.7. The van der Waals surface area contributed by atoms with Gasteiger partial charge in [-0.05, 0) is 75.2 Å². The van der Waals surface area contributed by atoms with Crippen LogP contribution in [0.2, 0.25) is 0 Å². The van der Waals surface area contributed by atoms with E-state index in [2.05, 4.69) is 153 Å². The number of hydrogen-bond acceptors (Lipinski definition) is 3. The summed E-state index contributed by atoms with van der Waals surface area (Å²) in [6.07, 6.45) is 0. The zero-order valence-electron chi connectivity index (χ0n) is 22.9. The summed E-state index contributed by atoms with van der Waals surface area (Å²) in [5, 5.41) is 6.30. The Morgan fingerprint density at radius 3 is 1.85 bits per heavy atom. The van der Waals surface area contributed by atoms with Crippen LogP contribution >= 0.6 is 11.5 Å². The quantitative estimate of drug-likeness (QED) is 0.209. The van der Waals surface area contributed by atoms with Crippen molar-refractivity contribution in [2.24, 2.45) is 0 Å². The van der Waals surface area contributed by atoms with Gasteiger partial charge in [0.2, 0.25) is 0 Å². The molecule has 0 bridgehead atoms. The van der Waals surface area contributed by atoms with Crippen molar-refractivity contribution in [3.63, 3.8) is 0 Å². The maximum absolute atomic E-state index is 4.94. The van der Waals surface area contributed by atoms with E-state index < -0.39 is 0 Å². The highest BCUT2D eigenvalue weighted by Crippen LogP contribution is 2.42. The van der Waals surface area contributed by atoms with Gasteiger partial charge in [0.1, 0.15) is 0 Å². The van der Waals surface area contributed by atoms with Gasteiger partial charge in [-0.2, -0.15) is 4.37 Å². The van der Waals surface area contributed by atoms with E-state index in [1.54, 1.807) is 11.5 Å². The lowest BCUT2D eigenvalue weighted by Gasteiger charge is -2.26. The molecular weight excluding hydrogens is 504 g/mol. The lowest BCUT2D eigenvalue weighted by Crippen LogP contribution is -2.11. The number of rotatable bonds is 4. The Morgan fingerprint density at radius 2 is 1.12 bits per heavy atom. The van der Waals surface area contributed by atoms with Crippen LogP contribution in [0, 0.1) is 0 Å². The number of anilines is 3. The summed E-state index contributed by atoms with van der Waals surface area (Å²) >= 11 is 1.63. The molecule has 0 saturated carbocycles. The molecule has 2 nitrogen and oxygen atoms in total. The van der Waals surface area contributed by atoms with E-state index in [1.165, 1.54) is 48.5 Å². The second kappa shape index (κ2) is 9.62. The van der Waals surface area contributed by atoms with Crippen LogP contribution in [0.5, 0.6) is 0 Å². The Hall–Kier alpha value is -4.47. The summed E-state index contributed by atoms with van der Waals surface area (Å²) in [5.41, 5.74) is 7.00. The lowest BCUT2D eigenvalue weighted by atomic mass is 9.89. The minimum Gasteiger partial charge on any atom is -0.310 e. The maximum atomic E-state index is 4.94. The van der Waals surface area contributed by atoms with Crippen LogP contribution < -0.4 is 4.90 Å². The summed E-state index contributed by atoms with van der Waals surface area (Å²) in [6.45, 7) is 6.73. The van der Waals surface area contributed by atoms with Gasteiger partial charge in [-0.3, -0.25) is 0 Å². The number of benzene rings is 6. The number of para-hydroxylation sites is 1. The zero-order chi connectivity index (χ0) is 27.3. The molecule has 7 aromatic rings. The SMILES string of the molecule is CC(C)(C)c1nsc2c1ccc1ccc3ccc(N(c4ccccc4)c4ccc(-c5ccccc5)cc4)cc3c12. The van der Waals surface area contributed by atoms with Gasteiger partial charge in [0, 0.05) is 33.2 Å². The first-order chi connectivity index (χ1) is 19.5. The minimum absolute atomic E-state index is 0.00229. The van der Waals surface area contributed by atoms with Gasteiger partial charge >= 0.3 is 0 Å². The molecule has 0 spiro atoms. The van der Waals surface area contributed by atoms with Crippen molar-refractivity contribution < 1.29 is 0 Å². The predicted octanol–water partition coefficient (Wildman–Crippen LogP) is 11.0. The Balaban J connectivity index is 1.43. The molecule has 0 unspecified atom stereocenters. The van der Waals surface area contributed by atoms with E-state index >= 15 is 0 Å². The molecule has 6 aromatic carbocycles. The monoisotopic (exact) mass is 534 g/mol. The van der Waals surface area contributed by atoms with Gasteiger partial charge in [0.05, 0.1) is 10.4 Å². The Morgan fingerprint density at radius 1 is 0.550 bits per heavy atom. The topological polar surface area (TPSA) is 16.1 Å². The highest BCUT2D eigenvalue weighted by atomic mass is 32.1. The lowest BCUT2D eigenvalue weighted by molar-refractivity contribution is 0.581. The molecule has 0 N–H and O–H groups in total. The molecule has 194 valence electrons. The predicted molar refractivity (Wildman–Crippen MR) is 173 cm³/mol. The highest BCUT2D eigenvalue weighted by molar-refractivity contribution is 7.14. The van der Waals surface area contributed by atoms with Gasteiger partial charge in [-0.1, -0.05) is 112 Å².